The standard InChI is InChI=1S/C20H26N2O6/c1-5-7-19(10-15(4)9-6-8-14(2)3)28-20(23)16-11-17(21(24)25)13-18(12-16)22(26)27/h11-15,19H,6,8-10H2,1-4H3/t15-,19+/m1/s1. The molecule has 0 amide bonds. The summed E-state index contributed by atoms with van der Waals surface area (Å²) in [7, 11) is 0. The number of nitro benzene ring substituents is 2. The van der Waals surface area contributed by atoms with Crippen molar-refractivity contribution in [2.24, 2.45) is 11.8 Å². The van der Waals surface area contributed by atoms with Crippen LogP contribution in [-0.4, -0.2) is 21.9 Å². The maximum Gasteiger partial charge on any atom is 0.339 e. The van der Waals surface area contributed by atoms with Crippen LogP contribution in [0.4, 0.5) is 11.4 Å². The lowest BCUT2D eigenvalue weighted by Gasteiger charge is -2.18. The summed E-state index contributed by atoms with van der Waals surface area (Å²) in [4.78, 5) is 32.8. The van der Waals surface area contributed by atoms with Crippen LogP contribution >= 0.6 is 0 Å². The SMILES string of the molecule is CC#C[C@@H](C[C@H](C)CCCC(C)C)OC(=O)c1cc([N+](=O)[O-])cc([N+](=O)[O-])c1. The van der Waals surface area contributed by atoms with Gasteiger partial charge in [-0.25, -0.2) is 4.79 Å². The maximum absolute atomic E-state index is 12.4. The fraction of sp³-hybridized carbons (Fsp3) is 0.550. The molecule has 152 valence electrons. The molecule has 1 aromatic carbocycles. The van der Waals surface area contributed by atoms with Crippen LogP contribution in [0.5, 0.6) is 0 Å². The number of esters is 1. The maximum atomic E-state index is 12.4. The molecular weight excluding hydrogens is 364 g/mol. The molecule has 0 saturated carbocycles. The first-order valence-corrected chi connectivity index (χ1v) is 9.21. The average molecular weight is 390 g/mol. The van der Waals surface area contributed by atoms with E-state index in [1.165, 1.54) is 0 Å². The fourth-order valence-corrected chi connectivity index (χ4v) is 2.78. The zero-order chi connectivity index (χ0) is 21.3. The van der Waals surface area contributed by atoms with Gasteiger partial charge in [-0.1, -0.05) is 46.0 Å². The predicted molar refractivity (Wildman–Crippen MR) is 105 cm³/mol. The lowest BCUT2D eigenvalue weighted by atomic mass is 9.95. The van der Waals surface area contributed by atoms with E-state index in [9.17, 15) is 25.0 Å². The van der Waals surface area contributed by atoms with Crippen molar-refractivity contribution < 1.29 is 19.4 Å². The minimum absolute atomic E-state index is 0.240. The fourth-order valence-electron chi connectivity index (χ4n) is 2.78. The van der Waals surface area contributed by atoms with Gasteiger partial charge < -0.3 is 4.74 Å². The Labute approximate surface area is 164 Å². The summed E-state index contributed by atoms with van der Waals surface area (Å²) in [5, 5.41) is 22.0. The molecule has 0 fully saturated rings. The van der Waals surface area contributed by atoms with Crippen LogP contribution in [0.2, 0.25) is 0 Å². The number of benzene rings is 1. The van der Waals surface area contributed by atoms with Gasteiger partial charge in [0.15, 0.2) is 6.10 Å². The molecule has 0 saturated heterocycles. The topological polar surface area (TPSA) is 113 Å². The monoisotopic (exact) mass is 390 g/mol. The van der Waals surface area contributed by atoms with Crippen molar-refractivity contribution in [2.45, 2.75) is 59.5 Å². The molecule has 0 N–H and O–H groups in total. The Hall–Kier alpha value is -2.95. The summed E-state index contributed by atoms with van der Waals surface area (Å²) in [6.07, 6.45) is 3.01. The minimum atomic E-state index is -0.867. The highest BCUT2D eigenvalue weighted by atomic mass is 16.6. The average Bonchev–Trinajstić information content (AvgIpc) is 2.60. The van der Waals surface area contributed by atoms with Crippen LogP contribution in [0.25, 0.3) is 0 Å². The lowest BCUT2D eigenvalue weighted by Crippen LogP contribution is -2.20. The third kappa shape index (κ3) is 7.74. The van der Waals surface area contributed by atoms with E-state index in [2.05, 4.69) is 32.6 Å². The third-order valence-electron chi connectivity index (χ3n) is 4.21. The van der Waals surface area contributed by atoms with Gasteiger partial charge in [0.2, 0.25) is 0 Å². The van der Waals surface area contributed by atoms with Gasteiger partial charge in [0.05, 0.1) is 21.5 Å². The Bertz CT molecular complexity index is 746. The second kappa shape index (κ2) is 11.0. The summed E-state index contributed by atoms with van der Waals surface area (Å²) in [5.41, 5.74) is -1.32. The Kier molecular flexibility index (Phi) is 9.09. The van der Waals surface area contributed by atoms with Crippen LogP contribution < -0.4 is 0 Å². The molecule has 8 nitrogen and oxygen atoms in total. The smallest absolute Gasteiger partial charge is 0.339 e. The second-order valence-corrected chi connectivity index (χ2v) is 7.21. The van der Waals surface area contributed by atoms with Gasteiger partial charge in [0, 0.05) is 12.1 Å². The molecule has 0 bridgehead atoms. The van der Waals surface area contributed by atoms with E-state index in [1.54, 1.807) is 6.92 Å². The molecule has 0 unspecified atom stereocenters. The Morgan fingerprint density at radius 3 is 2.11 bits per heavy atom. The molecule has 1 rings (SSSR count). The van der Waals surface area contributed by atoms with Crippen molar-refractivity contribution in [1.29, 1.82) is 0 Å². The highest BCUT2D eigenvalue weighted by molar-refractivity contribution is 5.91. The van der Waals surface area contributed by atoms with Crippen LogP contribution in [0.3, 0.4) is 0 Å². The van der Waals surface area contributed by atoms with E-state index < -0.39 is 33.3 Å². The summed E-state index contributed by atoms with van der Waals surface area (Å²) >= 11 is 0. The number of nitro groups is 2. The van der Waals surface area contributed by atoms with Gasteiger partial charge in [-0.2, -0.15) is 0 Å². The zero-order valence-corrected chi connectivity index (χ0v) is 16.6. The number of hydrogen-bond donors (Lipinski definition) is 0. The summed E-state index contributed by atoms with van der Waals surface area (Å²) in [6.45, 7) is 8.01. The second-order valence-electron chi connectivity index (χ2n) is 7.21. The Balaban J connectivity index is 2.90. The minimum Gasteiger partial charge on any atom is -0.446 e. The molecule has 0 radical (unpaired) electrons. The summed E-state index contributed by atoms with van der Waals surface area (Å²) < 4.78 is 5.39. The summed E-state index contributed by atoms with van der Waals surface area (Å²) in [6, 6.07) is 2.74. The van der Waals surface area contributed by atoms with Crippen molar-refractivity contribution in [3.63, 3.8) is 0 Å². The Morgan fingerprint density at radius 1 is 1.07 bits per heavy atom. The van der Waals surface area contributed by atoms with Crippen LogP contribution in [0.1, 0.15) is 63.7 Å². The van der Waals surface area contributed by atoms with E-state index in [0.717, 1.165) is 37.5 Å². The highest BCUT2D eigenvalue weighted by Gasteiger charge is 2.23. The molecule has 1 aromatic rings. The van der Waals surface area contributed by atoms with Crippen molar-refractivity contribution in [1.82, 2.24) is 0 Å². The van der Waals surface area contributed by atoms with Gasteiger partial charge in [0.25, 0.3) is 11.4 Å². The predicted octanol–water partition coefficient (Wildman–Crippen LogP) is 4.90. The molecule has 2 atom stereocenters. The molecule has 28 heavy (non-hydrogen) atoms. The molecule has 0 aliphatic heterocycles. The number of ether oxygens (including phenoxy) is 1. The van der Waals surface area contributed by atoms with E-state index in [0.29, 0.717) is 12.3 Å². The van der Waals surface area contributed by atoms with E-state index >= 15 is 0 Å². The number of carbonyl (C=O) groups excluding carboxylic acids is 1. The first-order chi connectivity index (χ1) is 13.1. The van der Waals surface area contributed by atoms with Crippen molar-refractivity contribution in [3.8, 4) is 11.8 Å². The zero-order valence-electron chi connectivity index (χ0n) is 16.6. The molecule has 0 aromatic heterocycles. The number of rotatable bonds is 10. The van der Waals surface area contributed by atoms with Gasteiger partial charge >= 0.3 is 5.97 Å². The van der Waals surface area contributed by atoms with Gasteiger partial charge in [-0.3, -0.25) is 20.2 Å². The number of hydrogen-bond acceptors (Lipinski definition) is 6. The molecule has 8 heteroatoms. The van der Waals surface area contributed by atoms with Crippen LogP contribution in [-0.2, 0) is 4.74 Å². The molecule has 0 spiro atoms. The normalized spacial score (nSPS) is 12.6. The quantitative estimate of drug-likeness (QED) is 0.243. The first kappa shape index (κ1) is 23.1. The summed E-state index contributed by atoms with van der Waals surface area (Å²) in [5.74, 6) is 5.58. The Morgan fingerprint density at radius 2 is 1.64 bits per heavy atom. The van der Waals surface area contributed by atoms with Crippen molar-refractivity contribution in [3.05, 3.63) is 44.0 Å². The van der Waals surface area contributed by atoms with E-state index in [4.69, 9.17) is 4.74 Å². The lowest BCUT2D eigenvalue weighted by molar-refractivity contribution is -0.394. The van der Waals surface area contributed by atoms with Crippen molar-refractivity contribution >= 4 is 17.3 Å². The van der Waals surface area contributed by atoms with Gasteiger partial charge in [0.1, 0.15) is 0 Å². The van der Waals surface area contributed by atoms with Crippen molar-refractivity contribution in [2.75, 3.05) is 0 Å². The van der Waals surface area contributed by atoms with E-state index in [-0.39, 0.29) is 11.5 Å². The number of carbonyl (C=O) groups is 1. The molecule has 0 aliphatic rings. The highest BCUT2D eigenvalue weighted by Crippen LogP contribution is 2.24. The first-order valence-electron chi connectivity index (χ1n) is 9.21. The largest absolute Gasteiger partial charge is 0.446 e. The van der Waals surface area contributed by atoms with Crippen LogP contribution in [0.15, 0.2) is 18.2 Å². The van der Waals surface area contributed by atoms with Gasteiger partial charge in [-0.15, -0.1) is 5.92 Å². The number of nitrogens with zero attached hydrogens (tertiary/aromatic N) is 2. The van der Waals surface area contributed by atoms with Crippen LogP contribution in [0, 0.1) is 43.9 Å². The van der Waals surface area contributed by atoms with E-state index in [1.807, 2.05) is 0 Å². The molecule has 0 heterocycles. The molecule has 0 aliphatic carbocycles. The molecular formula is C20H26N2O6. The number of non-ortho nitro benzene ring substituents is 2. The third-order valence-corrected chi connectivity index (χ3v) is 4.21. The van der Waals surface area contributed by atoms with Gasteiger partial charge in [-0.05, 0) is 25.2 Å².